The number of hydrogen-bond acceptors (Lipinski definition) is 4. The second-order valence-electron chi connectivity index (χ2n) is 7.89. The third-order valence-corrected chi connectivity index (χ3v) is 5.58. The molecular formula is C22H24F3NO4. The first-order valence-electron chi connectivity index (χ1n) is 9.90. The van der Waals surface area contributed by atoms with E-state index >= 15 is 0 Å². The van der Waals surface area contributed by atoms with Crippen LogP contribution in [0.1, 0.15) is 55.2 Å². The maximum atomic E-state index is 13.6. The van der Waals surface area contributed by atoms with Gasteiger partial charge in [-0.25, -0.2) is 13.6 Å². The molecule has 3 rings (SSSR count). The lowest BCUT2D eigenvalue weighted by molar-refractivity contribution is -0.134. The van der Waals surface area contributed by atoms with Crippen LogP contribution in [0.25, 0.3) is 6.08 Å². The van der Waals surface area contributed by atoms with Crippen LogP contribution in [0, 0.1) is 5.92 Å². The highest BCUT2D eigenvalue weighted by atomic mass is 19.3. The molecule has 0 aromatic heterocycles. The minimum Gasteiger partial charge on any atom is -0.493 e. The highest BCUT2D eigenvalue weighted by Crippen LogP contribution is 2.40. The zero-order valence-electron chi connectivity index (χ0n) is 16.4. The van der Waals surface area contributed by atoms with Gasteiger partial charge < -0.3 is 15.2 Å². The molecule has 0 aliphatic heterocycles. The van der Waals surface area contributed by atoms with Crippen LogP contribution in [-0.2, 0) is 16.0 Å². The van der Waals surface area contributed by atoms with Gasteiger partial charge in [0.05, 0.1) is 12.2 Å². The van der Waals surface area contributed by atoms with Crippen LogP contribution >= 0.6 is 0 Å². The van der Waals surface area contributed by atoms with Crippen LogP contribution in [0.4, 0.5) is 13.2 Å². The highest BCUT2D eigenvalue weighted by molar-refractivity contribution is 5.83. The summed E-state index contributed by atoms with van der Waals surface area (Å²) in [6.45, 7) is 0.374. The molecular weight excluding hydrogens is 399 g/mol. The van der Waals surface area contributed by atoms with E-state index in [1.54, 1.807) is 6.07 Å². The smallest absolute Gasteiger partial charge is 0.366 e. The molecule has 5 nitrogen and oxygen atoms in total. The predicted molar refractivity (Wildman–Crippen MR) is 105 cm³/mol. The van der Waals surface area contributed by atoms with E-state index in [1.165, 1.54) is 18.2 Å². The van der Waals surface area contributed by atoms with Gasteiger partial charge in [0.25, 0.3) is 6.43 Å². The number of carbonyl (C=O) groups is 2. The lowest BCUT2D eigenvalue weighted by Crippen LogP contribution is -2.50. The summed E-state index contributed by atoms with van der Waals surface area (Å²) in [4.78, 5) is 21.5. The molecule has 0 saturated heterocycles. The summed E-state index contributed by atoms with van der Waals surface area (Å²) in [5, 5.41) is 11.6. The van der Waals surface area contributed by atoms with Crippen LogP contribution < -0.4 is 10.1 Å². The van der Waals surface area contributed by atoms with Gasteiger partial charge in [-0.05, 0) is 73.8 Å². The van der Waals surface area contributed by atoms with Gasteiger partial charge >= 0.3 is 5.97 Å². The third kappa shape index (κ3) is 5.43. The summed E-state index contributed by atoms with van der Waals surface area (Å²) in [5.74, 6) is -2.47. The second-order valence-corrected chi connectivity index (χ2v) is 7.89. The van der Waals surface area contributed by atoms with Crippen molar-refractivity contribution in [3.63, 3.8) is 0 Å². The van der Waals surface area contributed by atoms with Crippen molar-refractivity contribution < 1.29 is 32.6 Å². The molecule has 0 radical (unpaired) electrons. The van der Waals surface area contributed by atoms with Crippen molar-refractivity contribution in [3.05, 3.63) is 46.9 Å². The number of rotatable bonds is 11. The molecule has 2 saturated carbocycles. The average Bonchev–Trinajstić information content (AvgIpc) is 3.51. The zero-order chi connectivity index (χ0) is 21.7. The van der Waals surface area contributed by atoms with Crippen molar-refractivity contribution in [3.8, 4) is 5.75 Å². The molecule has 2 aliphatic rings. The summed E-state index contributed by atoms with van der Waals surface area (Å²) in [5.41, 5.74) is 0.292. The first kappa shape index (κ1) is 21.9. The number of hydrogen-bond donors (Lipinski definition) is 2. The number of carboxylic acids is 1. The minimum atomic E-state index is -2.74. The zero-order valence-corrected chi connectivity index (χ0v) is 16.4. The maximum absolute atomic E-state index is 13.6. The SMILES string of the molecule is O=C/C=C/c1cc(C(F)F)c(OCC2CC2)cc1CC1(N/C=C(/F)C(=O)O)CCC1. The van der Waals surface area contributed by atoms with Crippen LogP contribution in [0.2, 0.25) is 0 Å². The molecule has 0 bridgehead atoms. The van der Waals surface area contributed by atoms with Crippen LogP contribution in [0.3, 0.4) is 0 Å². The van der Waals surface area contributed by atoms with Crippen LogP contribution in [0.15, 0.2) is 30.2 Å². The number of benzene rings is 1. The van der Waals surface area contributed by atoms with E-state index in [0.29, 0.717) is 49.2 Å². The number of aliphatic carboxylic acids is 1. The lowest BCUT2D eigenvalue weighted by Gasteiger charge is -2.43. The standard InChI is InChI=1S/C22H24F3NO4/c23-18(21(28)29)12-26-22(6-2-7-22)11-16-10-19(30-13-14-4-5-14)17(20(24)25)9-15(16)3-1-8-27/h1,3,8-10,12,14,20,26H,2,4-7,11,13H2,(H,28,29)/b3-1+,18-12+. The van der Waals surface area contributed by atoms with Crippen molar-refractivity contribution in [1.29, 1.82) is 0 Å². The fourth-order valence-electron chi connectivity index (χ4n) is 3.51. The normalized spacial score (nSPS) is 18.3. The molecule has 0 heterocycles. The number of aldehydes is 1. The summed E-state index contributed by atoms with van der Waals surface area (Å²) >= 11 is 0. The summed E-state index contributed by atoms with van der Waals surface area (Å²) in [7, 11) is 0. The Morgan fingerprint density at radius 2 is 2.07 bits per heavy atom. The van der Waals surface area contributed by atoms with E-state index in [-0.39, 0.29) is 11.3 Å². The second kappa shape index (κ2) is 9.36. The molecule has 0 amide bonds. The molecule has 0 spiro atoms. The lowest BCUT2D eigenvalue weighted by atomic mass is 9.72. The van der Waals surface area contributed by atoms with Gasteiger partial charge in [0.15, 0.2) is 0 Å². The number of carbonyl (C=O) groups excluding carboxylic acids is 1. The van der Waals surface area contributed by atoms with E-state index in [2.05, 4.69) is 5.32 Å². The Bertz CT molecular complexity index is 858. The maximum Gasteiger partial charge on any atom is 0.366 e. The van der Waals surface area contributed by atoms with Crippen molar-refractivity contribution in [2.24, 2.45) is 5.92 Å². The van der Waals surface area contributed by atoms with Crippen molar-refractivity contribution in [2.75, 3.05) is 6.61 Å². The molecule has 162 valence electrons. The third-order valence-electron chi connectivity index (χ3n) is 5.58. The number of halogens is 3. The van der Waals surface area contributed by atoms with Crippen molar-refractivity contribution >= 4 is 18.3 Å². The Labute approximate surface area is 172 Å². The molecule has 2 fully saturated rings. The predicted octanol–water partition coefficient (Wildman–Crippen LogP) is 4.58. The van der Waals surface area contributed by atoms with Gasteiger partial charge in [0.1, 0.15) is 12.0 Å². The monoisotopic (exact) mass is 423 g/mol. The first-order chi connectivity index (χ1) is 14.3. The van der Waals surface area contributed by atoms with Crippen LogP contribution in [0.5, 0.6) is 5.75 Å². The summed E-state index contributed by atoms with van der Waals surface area (Å²) < 4.78 is 46.3. The van der Waals surface area contributed by atoms with Gasteiger partial charge in [0.2, 0.25) is 5.83 Å². The number of allylic oxidation sites excluding steroid dienone is 1. The largest absolute Gasteiger partial charge is 0.493 e. The van der Waals surface area contributed by atoms with Gasteiger partial charge in [-0.1, -0.05) is 6.08 Å². The first-order valence-corrected chi connectivity index (χ1v) is 9.90. The summed E-state index contributed by atoms with van der Waals surface area (Å²) in [6, 6.07) is 2.88. The summed E-state index contributed by atoms with van der Waals surface area (Å²) in [6.07, 6.45) is 5.93. The minimum absolute atomic E-state index is 0.108. The Kier molecular flexibility index (Phi) is 6.84. The number of carboxylic acid groups (broad SMARTS) is 1. The molecule has 2 N–H and O–H groups in total. The fraction of sp³-hybridized carbons (Fsp3) is 0.455. The molecule has 30 heavy (non-hydrogen) atoms. The molecule has 0 atom stereocenters. The van der Waals surface area contributed by atoms with Crippen LogP contribution in [-0.4, -0.2) is 29.5 Å². The molecule has 1 aromatic rings. The topological polar surface area (TPSA) is 75.6 Å². The molecule has 1 aromatic carbocycles. The number of ether oxygens (including phenoxy) is 1. The Morgan fingerprint density at radius 3 is 2.60 bits per heavy atom. The quantitative estimate of drug-likeness (QED) is 0.403. The van der Waals surface area contributed by atoms with E-state index in [4.69, 9.17) is 9.84 Å². The molecule has 8 heteroatoms. The Morgan fingerprint density at radius 1 is 1.33 bits per heavy atom. The van der Waals surface area contributed by atoms with E-state index < -0.39 is 23.8 Å². The number of alkyl halides is 2. The van der Waals surface area contributed by atoms with Gasteiger partial charge in [0, 0.05) is 11.7 Å². The molecule has 2 aliphatic carbocycles. The Hall–Kier alpha value is -2.77. The highest BCUT2D eigenvalue weighted by Gasteiger charge is 2.37. The van der Waals surface area contributed by atoms with E-state index in [1.807, 2.05) is 0 Å². The number of nitrogens with one attached hydrogen (secondary N) is 1. The van der Waals surface area contributed by atoms with Crippen molar-refractivity contribution in [2.45, 2.75) is 50.5 Å². The Balaban J connectivity index is 1.92. The van der Waals surface area contributed by atoms with E-state index in [9.17, 15) is 22.8 Å². The molecule has 0 unspecified atom stereocenters. The van der Waals surface area contributed by atoms with Gasteiger partial charge in [-0.3, -0.25) is 4.79 Å². The average molecular weight is 423 g/mol. The van der Waals surface area contributed by atoms with Crippen molar-refractivity contribution in [1.82, 2.24) is 5.32 Å². The van der Waals surface area contributed by atoms with Gasteiger partial charge in [-0.2, -0.15) is 4.39 Å². The van der Waals surface area contributed by atoms with Gasteiger partial charge in [-0.15, -0.1) is 0 Å². The fourth-order valence-corrected chi connectivity index (χ4v) is 3.51. The van der Waals surface area contributed by atoms with E-state index in [0.717, 1.165) is 25.5 Å².